The largest absolute Gasteiger partial charge is 0.483 e. The Morgan fingerprint density at radius 3 is 2.69 bits per heavy atom. The molecule has 0 atom stereocenters. The second kappa shape index (κ2) is 11.2. The van der Waals surface area contributed by atoms with E-state index in [-0.39, 0.29) is 12.4 Å². The normalized spacial score (nSPS) is 14.4. The molecule has 3 aromatic rings. The molecular formula is C23H29N5O4. The lowest BCUT2D eigenvalue weighted by Crippen LogP contribution is -2.35. The second-order valence-corrected chi connectivity index (χ2v) is 7.52. The zero-order valence-electron chi connectivity index (χ0n) is 18.5. The number of carboxylic acid groups (broad SMARTS) is 1. The first-order valence-electron chi connectivity index (χ1n) is 10.7. The minimum atomic E-state index is -0.250. The molecule has 9 nitrogen and oxygen atoms in total. The number of rotatable bonds is 5. The average molecular weight is 440 g/mol. The lowest BCUT2D eigenvalue weighted by molar-refractivity contribution is -0.122. The van der Waals surface area contributed by atoms with Crippen molar-refractivity contribution >= 4 is 12.4 Å². The zero-order valence-corrected chi connectivity index (χ0v) is 18.5. The van der Waals surface area contributed by atoms with Gasteiger partial charge in [0.25, 0.3) is 12.4 Å². The van der Waals surface area contributed by atoms with Gasteiger partial charge in [-0.3, -0.25) is 14.5 Å². The molecule has 2 aromatic heterocycles. The molecule has 4 rings (SSSR count). The molecule has 1 amide bonds. The molecular weight excluding hydrogens is 410 g/mol. The molecule has 1 aliphatic rings. The summed E-state index contributed by atoms with van der Waals surface area (Å²) < 4.78 is 7.17. The molecule has 32 heavy (non-hydrogen) atoms. The molecule has 0 saturated carbocycles. The first-order chi connectivity index (χ1) is 15.6. The fraction of sp³-hybridized carbons (Fsp3) is 0.391. The lowest BCUT2D eigenvalue weighted by atomic mass is 10.1. The summed E-state index contributed by atoms with van der Waals surface area (Å²) in [4.78, 5) is 25.8. The highest BCUT2D eigenvalue weighted by molar-refractivity contribution is 5.96. The van der Waals surface area contributed by atoms with Crippen molar-refractivity contribution in [3.63, 3.8) is 0 Å². The van der Waals surface area contributed by atoms with E-state index >= 15 is 0 Å². The maximum Gasteiger partial charge on any atom is 0.290 e. The molecule has 9 heteroatoms. The van der Waals surface area contributed by atoms with Gasteiger partial charge < -0.3 is 14.5 Å². The quantitative estimate of drug-likeness (QED) is 0.610. The van der Waals surface area contributed by atoms with Gasteiger partial charge in [0.05, 0.1) is 11.4 Å². The van der Waals surface area contributed by atoms with Gasteiger partial charge >= 0.3 is 0 Å². The van der Waals surface area contributed by atoms with Gasteiger partial charge in [-0.2, -0.15) is 5.10 Å². The smallest absolute Gasteiger partial charge is 0.290 e. The van der Waals surface area contributed by atoms with Crippen LogP contribution in [0.25, 0.3) is 5.69 Å². The highest BCUT2D eigenvalue weighted by Gasteiger charge is 2.26. The van der Waals surface area contributed by atoms with Gasteiger partial charge in [-0.1, -0.05) is 30.3 Å². The molecule has 0 spiro atoms. The molecule has 170 valence electrons. The maximum atomic E-state index is 13.1. The maximum absolute atomic E-state index is 13.1. The fourth-order valence-corrected chi connectivity index (χ4v) is 3.94. The van der Waals surface area contributed by atoms with Gasteiger partial charge in [0.2, 0.25) is 0 Å². The highest BCUT2D eigenvalue weighted by Crippen LogP contribution is 2.20. The van der Waals surface area contributed by atoms with Crippen molar-refractivity contribution in [1.82, 2.24) is 24.7 Å². The Morgan fingerprint density at radius 2 is 1.97 bits per heavy atom. The number of amides is 1. The van der Waals surface area contributed by atoms with Crippen LogP contribution in [0.5, 0.6) is 0 Å². The number of carbonyl (C=O) groups is 2. The van der Waals surface area contributed by atoms with E-state index in [9.17, 15) is 4.79 Å². The first-order valence-corrected chi connectivity index (χ1v) is 10.7. The van der Waals surface area contributed by atoms with E-state index in [0.717, 1.165) is 44.0 Å². The van der Waals surface area contributed by atoms with Crippen molar-refractivity contribution in [2.45, 2.75) is 33.2 Å². The molecule has 1 aromatic carbocycles. The van der Waals surface area contributed by atoms with Gasteiger partial charge in [-0.25, -0.2) is 4.68 Å². The predicted molar refractivity (Wildman–Crippen MR) is 119 cm³/mol. The topological polar surface area (TPSA) is 105 Å². The summed E-state index contributed by atoms with van der Waals surface area (Å²) in [6, 6.07) is 10.3. The average Bonchev–Trinajstić information content (AvgIpc) is 3.40. The van der Waals surface area contributed by atoms with Crippen molar-refractivity contribution in [1.29, 1.82) is 0 Å². The Balaban J connectivity index is 0.000000913. The SMILES string of the molecule is CCc1noc(C)c1C(=O)N1CCCN(Cc2ccccc2-n2cccn2)CC1.O=CO. The number of benzene rings is 1. The number of carbonyl (C=O) groups excluding carboxylic acids is 1. The monoisotopic (exact) mass is 439 g/mol. The van der Waals surface area contributed by atoms with Gasteiger partial charge in [0, 0.05) is 45.1 Å². The summed E-state index contributed by atoms with van der Waals surface area (Å²) in [5.74, 6) is 0.653. The number of nitrogens with zero attached hydrogens (tertiary/aromatic N) is 5. The third-order valence-corrected chi connectivity index (χ3v) is 5.49. The van der Waals surface area contributed by atoms with Crippen LogP contribution in [0.3, 0.4) is 0 Å². The van der Waals surface area contributed by atoms with Crippen molar-refractivity contribution in [3.05, 3.63) is 65.3 Å². The van der Waals surface area contributed by atoms with Crippen LogP contribution >= 0.6 is 0 Å². The minimum absolute atomic E-state index is 0.0411. The standard InChI is InChI=1S/C22H27N5O2.CH2O2/c1-3-19-21(17(2)29-24-19)22(28)26-12-7-11-25(14-15-26)16-18-8-4-5-9-20(18)27-13-6-10-23-27;2-1-3/h4-6,8-10,13H,3,7,11-12,14-16H2,1-2H3;1H,(H,2,3). The molecule has 0 aliphatic carbocycles. The third kappa shape index (κ3) is 5.42. The number of hydrogen-bond donors (Lipinski definition) is 1. The zero-order chi connectivity index (χ0) is 22.9. The first kappa shape index (κ1) is 23.2. The van der Waals surface area contributed by atoms with Crippen LogP contribution in [0, 0.1) is 6.92 Å². The van der Waals surface area contributed by atoms with Crippen LogP contribution in [0.4, 0.5) is 0 Å². The van der Waals surface area contributed by atoms with E-state index in [2.05, 4.69) is 33.4 Å². The Hall–Kier alpha value is -3.46. The molecule has 0 radical (unpaired) electrons. The molecule has 1 aliphatic heterocycles. The van der Waals surface area contributed by atoms with Gasteiger partial charge in [-0.05, 0) is 37.5 Å². The van der Waals surface area contributed by atoms with Crippen LogP contribution in [-0.4, -0.2) is 68.4 Å². The summed E-state index contributed by atoms with van der Waals surface area (Å²) in [6.07, 6.45) is 5.40. The Morgan fingerprint density at radius 1 is 1.19 bits per heavy atom. The van der Waals surface area contributed by atoms with Crippen LogP contribution < -0.4 is 0 Å². The predicted octanol–water partition coefficient (Wildman–Crippen LogP) is 2.78. The van der Waals surface area contributed by atoms with Crippen LogP contribution in [0.1, 0.15) is 40.7 Å². The molecule has 1 N–H and O–H groups in total. The summed E-state index contributed by atoms with van der Waals surface area (Å²) in [6.45, 7) is 7.65. The van der Waals surface area contributed by atoms with Crippen molar-refractivity contribution in [3.8, 4) is 5.69 Å². The Bertz CT molecular complexity index is 1020. The van der Waals surface area contributed by atoms with Gasteiger partial charge in [-0.15, -0.1) is 0 Å². The number of para-hydroxylation sites is 1. The van der Waals surface area contributed by atoms with Crippen LogP contribution in [-0.2, 0) is 17.8 Å². The summed E-state index contributed by atoms with van der Waals surface area (Å²) in [5, 5.41) is 15.3. The van der Waals surface area contributed by atoms with E-state index in [0.29, 0.717) is 24.3 Å². The number of aryl methyl sites for hydroxylation is 2. The van der Waals surface area contributed by atoms with E-state index in [4.69, 9.17) is 14.4 Å². The van der Waals surface area contributed by atoms with E-state index < -0.39 is 0 Å². The summed E-state index contributed by atoms with van der Waals surface area (Å²) >= 11 is 0. The van der Waals surface area contributed by atoms with Crippen LogP contribution in [0.15, 0.2) is 47.2 Å². The van der Waals surface area contributed by atoms with Gasteiger partial charge in [0.1, 0.15) is 11.3 Å². The number of aromatic nitrogens is 3. The fourth-order valence-electron chi connectivity index (χ4n) is 3.94. The Labute approximate surface area is 187 Å². The second-order valence-electron chi connectivity index (χ2n) is 7.52. The van der Waals surface area contributed by atoms with Crippen molar-refractivity contribution in [2.24, 2.45) is 0 Å². The highest BCUT2D eigenvalue weighted by atomic mass is 16.5. The molecule has 1 fully saturated rings. The van der Waals surface area contributed by atoms with E-state index in [1.165, 1.54) is 5.56 Å². The molecule has 3 heterocycles. The van der Waals surface area contributed by atoms with Crippen LogP contribution in [0.2, 0.25) is 0 Å². The lowest BCUT2D eigenvalue weighted by Gasteiger charge is -2.23. The van der Waals surface area contributed by atoms with Crippen molar-refractivity contribution in [2.75, 3.05) is 26.2 Å². The number of hydrogen-bond acceptors (Lipinski definition) is 6. The minimum Gasteiger partial charge on any atom is -0.483 e. The molecule has 1 saturated heterocycles. The summed E-state index contributed by atoms with van der Waals surface area (Å²) in [5.41, 5.74) is 3.73. The molecule has 0 unspecified atom stereocenters. The third-order valence-electron chi connectivity index (χ3n) is 5.49. The Kier molecular flexibility index (Phi) is 8.15. The van der Waals surface area contributed by atoms with Gasteiger partial charge in [0.15, 0.2) is 0 Å². The van der Waals surface area contributed by atoms with E-state index in [1.807, 2.05) is 41.8 Å². The summed E-state index contributed by atoms with van der Waals surface area (Å²) in [7, 11) is 0. The van der Waals surface area contributed by atoms with Crippen molar-refractivity contribution < 1.29 is 19.2 Å². The van der Waals surface area contributed by atoms with E-state index in [1.54, 1.807) is 6.20 Å². The molecule has 0 bridgehead atoms.